The molecule has 0 amide bonds. The molecule has 0 saturated carbocycles. The molecular formula is C9H19N5. The highest BCUT2D eigenvalue weighted by molar-refractivity contribution is 5.02. The first-order chi connectivity index (χ1) is 6.70. The number of aryl methyl sites for hydroxylation is 1. The molecule has 3 N–H and O–H groups in total. The lowest BCUT2D eigenvalue weighted by Gasteiger charge is -2.22. The van der Waals surface area contributed by atoms with Gasteiger partial charge in [-0.3, -0.25) is 16.0 Å². The molecule has 2 atom stereocenters. The number of hydrogen-bond donors (Lipinski definition) is 2. The molecule has 2 unspecified atom stereocenters. The third kappa shape index (κ3) is 2.30. The summed E-state index contributed by atoms with van der Waals surface area (Å²) in [4.78, 5) is 0. The number of nitrogens with zero attached hydrogens (tertiary/aromatic N) is 3. The summed E-state index contributed by atoms with van der Waals surface area (Å²) in [6, 6.07) is 0.134. The van der Waals surface area contributed by atoms with Crippen molar-refractivity contribution in [3.8, 4) is 0 Å². The summed E-state index contributed by atoms with van der Waals surface area (Å²) in [6.45, 7) is 4.35. The Hall–Kier alpha value is -0.940. The molecule has 1 aromatic rings. The van der Waals surface area contributed by atoms with E-state index in [1.54, 1.807) is 10.9 Å². The number of rotatable bonds is 5. The van der Waals surface area contributed by atoms with Gasteiger partial charge in [-0.2, -0.15) is 0 Å². The first kappa shape index (κ1) is 11.1. The molecule has 1 heterocycles. The Bertz CT molecular complexity index is 270. The van der Waals surface area contributed by atoms with E-state index >= 15 is 0 Å². The Labute approximate surface area is 84.6 Å². The molecular weight excluding hydrogens is 178 g/mol. The van der Waals surface area contributed by atoms with E-state index in [4.69, 9.17) is 5.84 Å². The normalized spacial score (nSPS) is 15.4. The Morgan fingerprint density at radius 3 is 2.79 bits per heavy atom. The minimum Gasteiger partial charge on any atom is -0.271 e. The van der Waals surface area contributed by atoms with E-state index in [1.807, 2.05) is 7.05 Å². The molecule has 1 rings (SSSR count). The van der Waals surface area contributed by atoms with Crippen molar-refractivity contribution in [1.82, 2.24) is 20.4 Å². The second kappa shape index (κ2) is 5.07. The monoisotopic (exact) mass is 197 g/mol. The van der Waals surface area contributed by atoms with Gasteiger partial charge in [0.05, 0.1) is 17.9 Å². The lowest BCUT2D eigenvalue weighted by atomic mass is 9.95. The van der Waals surface area contributed by atoms with Crippen LogP contribution in [0.15, 0.2) is 6.20 Å². The van der Waals surface area contributed by atoms with E-state index < -0.39 is 0 Å². The molecule has 0 aromatic carbocycles. The van der Waals surface area contributed by atoms with Crippen LogP contribution in [0.3, 0.4) is 0 Å². The van der Waals surface area contributed by atoms with Gasteiger partial charge < -0.3 is 0 Å². The lowest BCUT2D eigenvalue weighted by molar-refractivity contribution is 0.351. The molecule has 1 aromatic heterocycles. The van der Waals surface area contributed by atoms with E-state index in [-0.39, 0.29) is 6.04 Å². The average Bonchev–Trinajstić information content (AvgIpc) is 2.54. The largest absolute Gasteiger partial charge is 0.271 e. The summed E-state index contributed by atoms with van der Waals surface area (Å²) in [7, 11) is 1.88. The maximum atomic E-state index is 5.55. The highest BCUT2D eigenvalue weighted by atomic mass is 15.4. The van der Waals surface area contributed by atoms with Crippen molar-refractivity contribution in [2.75, 3.05) is 0 Å². The Kier molecular flexibility index (Phi) is 4.03. The van der Waals surface area contributed by atoms with Crippen LogP contribution in [-0.4, -0.2) is 15.0 Å². The fourth-order valence-corrected chi connectivity index (χ4v) is 1.74. The molecule has 0 saturated heterocycles. The van der Waals surface area contributed by atoms with Crippen molar-refractivity contribution in [2.24, 2.45) is 18.8 Å². The SMILES string of the molecule is CCCC(C)C(NN)c1cnnn1C. The van der Waals surface area contributed by atoms with E-state index in [2.05, 4.69) is 29.6 Å². The van der Waals surface area contributed by atoms with E-state index in [9.17, 15) is 0 Å². The molecule has 0 radical (unpaired) electrons. The van der Waals surface area contributed by atoms with Gasteiger partial charge in [0, 0.05) is 7.05 Å². The van der Waals surface area contributed by atoms with E-state index in [1.165, 1.54) is 0 Å². The minimum absolute atomic E-state index is 0.134. The Morgan fingerprint density at radius 2 is 2.36 bits per heavy atom. The smallest absolute Gasteiger partial charge is 0.0769 e. The predicted molar refractivity (Wildman–Crippen MR) is 55.1 cm³/mol. The molecule has 14 heavy (non-hydrogen) atoms. The topological polar surface area (TPSA) is 68.8 Å². The van der Waals surface area contributed by atoms with Crippen molar-refractivity contribution < 1.29 is 0 Å². The first-order valence-electron chi connectivity index (χ1n) is 5.01. The van der Waals surface area contributed by atoms with Crippen LogP contribution in [0.4, 0.5) is 0 Å². The molecule has 0 aliphatic carbocycles. The van der Waals surface area contributed by atoms with Crippen LogP contribution >= 0.6 is 0 Å². The minimum atomic E-state index is 0.134. The fraction of sp³-hybridized carbons (Fsp3) is 0.778. The predicted octanol–water partition coefficient (Wildman–Crippen LogP) is 0.756. The van der Waals surface area contributed by atoms with Crippen molar-refractivity contribution in [3.05, 3.63) is 11.9 Å². The standard InChI is InChI=1S/C9H19N5/c1-4-5-7(2)9(12-10)8-6-11-13-14(8)3/h6-7,9,12H,4-5,10H2,1-3H3. The molecule has 0 fully saturated rings. The maximum absolute atomic E-state index is 5.55. The lowest BCUT2D eigenvalue weighted by Crippen LogP contribution is -2.33. The quantitative estimate of drug-likeness (QED) is 0.540. The number of hydrogen-bond acceptors (Lipinski definition) is 4. The van der Waals surface area contributed by atoms with Gasteiger partial charge in [0.1, 0.15) is 0 Å². The zero-order valence-corrected chi connectivity index (χ0v) is 9.07. The van der Waals surface area contributed by atoms with Gasteiger partial charge in [-0.15, -0.1) is 5.10 Å². The molecule has 5 nitrogen and oxygen atoms in total. The van der Waals surface area contributed by atoms with Gasteiger partial charge in [-0.1, -0.05) is 25.5 Å². The van der Waals surface area contributed by atoms with Gasteiger partial charge in [0.2, 0.25) is 0 Å². The molecule has 0 aliphatic rings. The van der Waals surface area contributed by atoms with Crippen LogP contribution < -0.4 is 11.3 Å². The second-order valence-electron chi connectivity index (χ2n) is 3.69. The van der Waals surface area contributed by atoms with Crippen LogP contribution in [0, 0.1) is 5.92 Å². The summed E-state index contributed by atoms with van der Waals surface area (Å²) >= 11 is 0. The Balaban J connectivity index is 2.76. The van der Waals surface area contributed by atoms with Crippen LogP contribution in [0.1, 0.15) is 38.4 Å². The third-order valence-electron chi connectivity index (χ3n) is 2.56. The number of hydrazine groups is 1. The van der Waals surface area contributed by atoms with Crippen LogP contribution in [-0.2, 0) is 7.05 Å². The van der Waals surface area contributed by atoms with Crippen molar-refractivity contribution in [1.29, 1.82) is 0 Å². The van der Waals surface area contributed by atoms with E-state index in [0.717, 1.165) is 18.5 Å². The Morgan fingerprint density at radius 1 is 1.64 bits per heavy atom. The highest BCUT2D eigenvalue weighted by Gasteiger charge is 2.20. The number of nitrogens with one attached hydrogen (secondary N) is 1. The van der Waals surface area contributed by atoms with Gasteiger partial charge in [-0.05, 0) is 12.3 Å². The number of aromatic nitrogens is 3. The van der Waals surface area contributed by atoms with Crippen molar-refractivity contribution in [3.63, 3.8) is 0 Å². The van der Waals surface area contributed by atoms with Gasteiger partial charge in [0.25, 0.3) is 0 Å². The first-order valence-corrected chi connectivity index (χ1v) is 5.01. The maximum Gasteiger partial charge on any atom is 0.0769 e. The molecule has 80 valence electrons. The summed E-state index contributed by atoms with van der Waals surface area (Å²) in [6.07, 6.45) is 4.06. The highest BCUT2D eigenvalue weighted by Crippen LogP contribution is 2.23. The van der Waals surface area contributed by atoms with Gasteiger partial charge in [-0.25, -0.2) is 0 Å². The fourth-order valence-electron chi connectivity index (χ4n) is 1.74. The average molecular weight is 197 g/mol. The molecule has 0 spiro atoms. The van der Waals surface area contributed by atoms with Crippen LogP contribution in [0.5, 0.6) is 0 Å². The van der Waals surface area contributed by atoms with Gasteiger partial charge in [0.15, 0.2) is 0 Å². The van der Waals surface area contributed by atoms with Crippen LogP contribution in [0.25, 0.3) is 0 Å². The zero-order valence-electron chi connectivity index (χ0n) is 9.07. The van der Waals surface area contributed by atoms with Crippen LogP contribution in [0.2, 0.25) is 0 Å². The molecule has 0 aliphatic heterocycles. The molecule has 0 bridgehead atoms. The van der Waals surface area contributed by atoms with Gasteiger partial charge >= 0.3 is 0 Å². The van der Waals surface area contributed by atoms with Crippen molar-refractivity contribution in [2.45, 2.75) is 32.7 Å². The summed E-state index contributed by atoms with van der Waals surface area (Å²) in [5, 5.41) is 7.75. The molecule has 5 heteroatoms. The summed E-state index contributed by atoms with van der Waals surface area (Å²) < 4.78 is 1.76. The third-order valence-corrected chi connectivity index (χ3v) is 2.56. The second-order valence-corrected chi connectivity index (χ2v) is 3.69. The summed E-state index contributed by atoms with van der Waals surface area (Å²) in [5.74, 6) is 6.03. The van der Waals surface area contributed by atoms with Crippen molar-refractivity contribution >= 4 is 0 Å². The number of nitrogens with two attached hydrogens (primary N) is 1. The van der Waals surface area contributed by atoms with E-state index in [0.29, 0.717) is 5.92 Å². The zero-order chi connectivity index (χ0) is 10.6. The summed E-state index contributed by atoms with van der Waals surface area (Å²) in [5.41, 5.74) is 3.86.